The Kier molecular flexibility index (Phi) is 5.01. The molecule has 7 nitrogen and oxygen atoms in total. The van der Waals surface area contributed by atoms with E-state index in [1.807, 2.05) is 41.9 Å². The number of imidazole rings is 1. The van der Waals surface area contributed by atoms with Crippen LogP contribution in [0.25, 0.3) is 16.9 Å². The van der Waals surface area contributed by atoms with E-state index in [1.165, 1.54) is 19.1 Å². The summed E-state index contributed by atoms with van der Waals surface area (Å²) in [7, 11) is -3.78. The first-order chi connectivity index (χ1) is 14.3. The topological polar surface area (TPSA) is 92.6 Å². The summed E-state index contributed by atoms with van der Waals surface area (Å²) in [4.78, 5) is 15.9. The van der Waals surface area contributed by atoms with E-state index in [-0.39, 0.29) is 10.8 Å². The highest BCUT2D eigenvalue weighted by Crippen LogP contribution is 2.25. The van der Waals surface area contributed by atoms with Crippen molar-refractivity contribution in [3.8, 4) is 11.3 Å². The van der Waals surface area contributed by atoms with E-state index in [0.29, 0.717) is 11.4 Å². The average molecular weight is 420 g/mol. The molecule has 0 spiro atoms. The number of pyridine rings is 1. The molecule has 1 amide bonds. The normalized spacial score (nSPS) is 11.4. The molecule has 0 saturated carbocycles. The third kappa shape index (κ3) is 4.04. The number of aromatic nitrogens is 2. The molecule has 2 heterocycles. The van der Waals surface area contributed by atoms with Crippen molar-refractivity contribution >= 4 is 33.0 Å². The minimum absolute atomic E-state index is 0.102. The number of sulfonamides is 1. The summed E-state index contributed by atoms with van der Waals surface area (Å²) in [5.74, 6) is -0.220. The number of benzene rings is 2. The predicted molar refractivity (Wildman–Crippen MR) is 117 cm³/mol. The van der Waals surface area contributed by atoms with Crippen LogP contribution in [0.5, 0.6) is 0 Å². The Morgan fingerprint density at radius 3 is 2.47 bits per heavy atom. The molecule has 4 rings (SSSR count). The van der Waals surface area contributed by atoms with Gasteiger partial charge in [-0.05, 0) is 55.0 Å². The molecule has 0 bridgehead atoms. The maximum atomic E-state index is 12.8. The van der Waals surface area contributed by atoms with Crippen molar-refractivity contribution < 1.29 is 13.2 Å². The first-order valence-corrected chi connectivity index (χ1v) is 10.8. The van der Waals surface area contributed by atoms with E-state index < -0.39 is 10.0 Å². The maximum Gasteiger partial charge on any atom is 0.261 e. The van der Waals surface area contributed by atoms with E-state index in [2.05, 4.69) is 15.0 Å². The molecule has 0 fully saturated rings. The van der Waals surface area contributed by atoms with Gasteiger partial charge < -0.3 is 9.72 Å². The van der Waals surface area contributed by atoms with Gasteiger partial charge in [0.15, 0.2) is 0 Å². The molecular weight excluding hydrogens is 400 g/mol. The fourth-order valence-electron chi connectivity index (χ4n) is 3.17. The molecule has 30 heavy (non-hydrogen) atoms. The highest BCUT2D eigenvalue weighted by atomic mass is 32.2. The molecular formula is C22H20N4O3S. The third-order valence-corrected chi connectivity index (χ3v) is 5.97. The summed E-state index contributed by atoms with van der Waals surface area (Å²) in [6, 6.07) is 17.0. The fourth-order valence-corrected chi connectivity index (χ4v) is 4.22. The summed E-state index contributed by atoms with van der Waals surface area (Å²) >= 11 is 0. The van der Waals surface area contributed by atoms with Gasteiger partial charge >= 0.3 is 0 Å². The maximum absolute atomic E-state index is 12.8. The van der Waals surface area contributed by atoms with Gasteiger partial charge in [-0.15, -0.1) is 0 Å². The highest BCUT2D eigenvalue weighted by molar-refractivity contribution is 7.92. The lowest BCUT2D eigenvalue weighted by Crippen LogP contribution is -2.13. The van der Waals surface area contributed by atoms with Gasteiger partial charge in [0, 0.05) is 36.3 Å². The minimum Gasteiger partial charge on any atom is -0.326 e. The smallest absolute Gasteiger partial charge is 0.261 e. The molecule has 0 unspecified atom stereocenters. The van der Waals surface area contributed by atoms with Gasteiger partial charge in [0.2, 0.25) is 5.91 Å². The van der Waals surface area contributed by atoms with Crippen LogP contribution in [0.4, 0.5) is 11.4 Å². The fraction of sp³-hybridized carbons (Fsp3) is 0.0909. The van der Waals surface area contributed by atoms with Crippen molar-refractivity contribution in [2.45, 2.75) is 18.7 Å². The van der Waals surface area contributed by atoms with Crippen LogP contribution in [0.15, 0.2) is 78.0 Å². The van der Waals surface area contributed by atoms with E-state index in [4.69, 9.17) is 0 Å². The van der Waals surface area contributed by atoms with Crippen LogP contribution in [0, 0.1) is 6.92 Å². The number of aryl methyl sites for hydroxylation is 1. The quantitative estimate of drug-likeness (QED) is 0.509. The van der Waals surface area contributed by atoms with Gasteiger partial charge in [0.25, 0.3) is 10.0 Å². The number of hydrogen-bond acceptors (Lipinski definition) is 4. The van der Waals surface area contributed by atoms with Crippen molar-refractivity contribution in [3.05, 3.63) is 78.6 Å². The largest absolute Gasteiger partial charge is 0.326 e. The van der Waals surface area contributed by atoms with Crippen molar-refractivity contribution in [2.75, 3.05) is 10.0 Å². The van der Waals surface area contributed by atoms with Crippen LogP contribution in [0.1, 0.15) is 12.5 Å². The highest BCUT2D eigenvalue weighted by Gasteiger charge is 2.15. The number of nitrogens with one attached hydrogen (secondary N) is 2. The Bertz CT molecular complexity index is 1340. The first-order valence-electron chi connectivity index (χ1n) is 9.27. The Morgan fingerprint density at radius 1 is 1.00 bits per heavy atom. The molecule has 2 aromatic heterocycles. The van der Waals surface area contributed by atoms with Crippen molar-refractivity contribution in [1.82, 2.24) is 9.38 Å². The molecule has 0 saturated heterocycles. The van der Waals surface area contributed by atoms with Gasteiger partial charge in [0.05, 0.1) is 10.6 Å². The van der Waals surface area contributed by atoms with Gasteiger partial charge in [-0.3, -0.25) is 9.52 Å². The van der Waals surface area contributed by atoms with Crippen LogP contribution in [-0.4, -0.2) is 23.7 Å². The Labute approximate surface area is 174 Å². The second kappa shape index (κ2) is 7.64. The Hall–Kier alpha value is -3.65. The average Bonchev–Trinajstić information content (AvgIpc) is 3.14. The second-order valence-corrected chi connectivity index (χ2v) is 8.62. The molecule has 0 aliphatic carbocycles. The summed E-state index contributed by atoms with van der Waals surface area (Å²) in [6.07, 6.45) is 3.84. The van der Waals surface area contributed by atoms with Gasteiger partial charge in [-0.1, -0.05) is 18.2 Å². The lowest BCUT2D eigenvalue weighted by molar-refractivity contribution is -0.114. The predicted octanol–water partition coefficient (Wildman–Crippen LogP) is 4.07. The zero-order valence-corrected chi connectivity index (χ0v) is 17.3. The Balaban J connectivity index is 1.60. The number of nitrogens with zero attached hydrogens (tertiary/aromatic N) is 2. The van der Waals surface area contributed by atoms with Crippen molar-refractivity contribution in [1.29, 1.82) is 0 Å². The van der Waals surface area contributed by atoms with Gasteiger partial charge in [0.1, 0.15) is 5.65 Å². The minimum atomic E-state index is -3.78. The van der Waals surface area contributed by atoms with E-state index >= 15 is 0 Å². The molecule has 4 aromatic rings. The summed E-state index contributed by atoms with van der Waals surface area (Å²) in [5.41, 5.74) is 4.45. The molecule has 0 aliphatic rings. The van der Waals surface area contributed by atoms with Crippen molar-refractivity contribution in [3.63, 3.8) is 0 Å². The third-order valence-electron chi connectivity index (χ3n) is 4.57. The zero-order chi connectivity index (χ0) is 21.3. The van der Waals surface area contributed by atoms with Gasteiger partial charge in [-0.25, -0.2) is 13.4 Å². The molecule has 0 atom stereocenters. The van der Waals surface area contributed by atoms with E-state index in [1.54, 1.807) is 30.3 Å². The first kappa shape index (κ1) is 19.7. The molecule has 0 aliphatic heterocycles. The van der Waals surface area contributed by atoms with Gasteiger partial charge in [-0.2, -0.15) is 0 Å². The lowest BCUT2D eigenvalue weighted by Gasteiger charge is -2.10. The SMILES string of the molecule is CC(=O)Nc1ccc(S(=O)(=O)Nc2cccc(-c3cn4cccc(C)c4n3)c2)cc1. The summed E-state index contributed by atoms with van der Waals surface area (Å²) in [5, 5.41) is 2.61. The number of amides is 1. The summed E-state index contributed by atoms with van der Waals surface area (Å²) < 4.78 is 30.0. The van der Waals surface area contributed by atoms with Crippen LogP contribution >= 0.6 is 0 Å². The van der Waals surface area contributed by atoms with Crippen molar-refractivity contribution in [2.24, 2.45) is 0 Å². The Morgan fingerprint density at radius 2 is 1.77 bits per heavy atom. The number of carbonyl (C=O) groups is 1. The standard InChI is InChI=1S/C22H20N4O3S/c1-15-5-4-12-26-14-21(24-22(15)26)17-6-3-7-19(13-17)25-30(28,29)20-10-8-18(9-11-20)23-16(2)27/h3-14,25H,1-2H3,(H,23,27). The van der Waals surface area contributed by atoms with E-state index in [9.17, 15) is 13.2 Å². The number of rotatable bonds is 5. The van der Waals surface area contributed by atoms with Crippen LogP contribution in [0.3, 0.4) is 0 Å². The second-order valence-electron chi connectivity index (χ2n) is 6.94. The van der Waals surface area contributed by atoms with Crippen LogP contribution in [0.2, 0.25) is 0 Å². The number of hydrogen-bond donors (Lipinski definition) is 2. The van der Waals surface area contributed by atoms with E-state index in [0.717, 1.165) is 22.5 Å². The van der Waals surface area contributed by atoms with Crippen LogP contribution < -0.4 is 10.0 Å². The number of anilines is 2. The molecule has 2 aromatic carbocycles. The molecule has 0 radical (unpaired) electrons. The lowest BCUT2D eigenvalue weighted by atomic mass is 10.1. The molecule has 152 valence electrons. The molecule has 2 N–H and O–H groups in total. The summed E-state index contributed by atoms with van der Waals surface area (Å²) in [6.45, 7) is 3.39. The zero-order valence-electron chi connectivity index (χ0n) is 16.5. The number of fused-ring (bicyclic) bond motifs is 1. The molecule has 8 heteroatoms. The monoisotopic (exact) mass is 420 g/mol. The van der Waals surface area contributed by atoms with Crippen LogP contribution in [-0.2, 0) is 14.8 Å². The number of carbonyl (C=O) groups excluding carboxylic acids is 1.